The molecule has 0 amide bonds. The summed E-state index contributed by atoms with van der Waals surface area (Å²) in [5, 5.41) is 3.86. The molecule has 4 nitrogen and oxygen atoms in total. The molecule has 1 aromatic carbocycles. The maximum Gasteiger partial charge on any atom is 0.146 e. The molecule has 2 unspecified atom stereocenters. The first-order chi connectivity index (χ1) is 9.22. The van der Waals surface area contributed by atoms with Gasteiger partial charge >= 0.3 is 0 Å². The fourth-order valence-electron chi connectivity index (χ4n) is 2.62. The van der Waals surface area contributed by atoms with Crippen LogP contribution in [0.2, 0.25) is 5.02 Å². The molecule has 19 heavy (non-hydrogen) atoms. The summed E-state index contributed by atoms with van der Waals surface area (Å²) in [5.41, 5.74) is 1.05. The topological polar surface area (TPSA) is 39.7 Å². The van der Waals surface area contributed by atoms with Gasteiger partial charge in [-0.05, 0) is 25.6 Å². The van der Waals surface area contributed by atoms with Gasteiger partial charge in [0.1, 0.15) is 16.5 Å². The molecule has 1 heterocycles. The van der Waals surface area contributed by atoms with E-state index in [0.717, 1.165) is 25.2 Å². The SMILES string of the molecule is CNC(c1ccc(OC)c(Cl)c1OC)C1CCOC1. The van der Waals surface area contributed by atoms with E-state index in [1.54, 1.807) is 14.2 Å². The van der Waals surface area contributed by atoms with Gasteiger partial charge in [0.2, 0.25) is 0 Å². The largest absolute Gasteiger partial charge is 0.495 e. The van der Waals surface area contributed by atoms with Crippen LogP contribution in [0.1, 0.15) is 18.0 Å². The first-order valence-corrected chi connectivity index (χ1v) is 6.76. The third-order valence-electron chi connectivity index (χ3n) is 3.60. The Balaban J connectivity index is 2.39. The van der Waals surface area contributed by atoms with E-state index in [2.05, 4.69) is 5.32 Å². The van der Waals surface area contributed by atoms with E-state index >= 15 is 0 Å². The molecule has 2 atom stereocenters. The fraction of sp³-hybridized carbons (Fsp3) is 0.571. The Morgan fingerprint density at radius 3 is 2.68 bits per heavy atom. The van der Waals surface area contributed by atoms with Crippen LogP contribution in [0.15, 0.2) is 12.1 Å². The fourth-order valence-corrected chi connectivity index (χ4v) is 2.95. The van der Waals surface area contributed by atoms with E-state index in [-0.39, 0.29) is 6.04 Å². The van der Waals surface area contributed by atoms with Crippen molar-refractivity contribution in [3.8, 4) is 11.5 Å². The Morgan fingerprint density at radius 2 is 2.16 bits per heavy atom. The van der Waals surface area contributed by atoms with Crippen LogP contribution in [0.3, 0.4) is 0 Å². The number of benzene rings is 1. The Hall–Kier alpha value is -0.970. The summed E-state index contributed by atoms with van der Waals surface area (Å²) in [5.74, 6) is 1.73. The van der Waals surface area contributed by atoms with Crippen molar-refractivity contribution in [1.82, 2.24) is 5.32 Å². The van der Waals surface area contributed by atoms with Crippen molar-refractivity contribution in [2.45, 2.75) is 12.5 Å². The van der Waals surface area contributed by atoms with Gasteiger partial charge in [0.25, 0.3) is 0 Å². The molecule has 0 saturated carbocycles. The molecule has 106 valence electrons. The van der Waals surface area contributed by atoms with E-state index in [4.69, 9.17) is 25.8 Å². The molecule has 2 rings (SSSR count). The molecular formula is C14H20ClNO3. The molecule has 1 N–H and O–H groups in total. The Morgan fingerprint density at radius 1 is 1.37 bits per heavy atom. The molecule has 1 aliphatic heterocycles. The standard InChI is InChI=1S/C14H20ClNO3/c1-16-13(9-6-7-19-8-9)10-4-5-11(17-2)12(15)14(10)18-3/h4-5,9,13,16H,6-8H2,1-3H3. The number of ether oxygens (including phenoxy) is 3. The molecule has 1 fully saturated rings. The predicted octanol–water partition coefficient (Wildman–Crippen LogP) is 2.65. The van der Waals surface area contributed by atoms with E-state index in [0.29, 0.717) is 22.4 Å². The number of nitrogens with one attached hydrogen (secondary N) is 1. The highest BCUT2D eigenvalue weighted by Gasteiger charge is 2.29. The number of methoxy groups -OCH3 is 2. The van der Waals surface area contributed by atoms with Crippen LogP contribution in [0, 0.1) is 5.92 Å². The molecule has 0 radical (unpaired) electrons. The van der Waals surface area contributed by atoms with Crippen LogP contribution in [0.25, 0.3) is 0 Å². The van der Waals surface area contributed by atoms with Gasteiger partial charge in [-0.1, -0.05) is 11.6 Å². The first-order valence-electron chi connectivity index (χ1n) is 6.38. The molecule has 1 saturated heterocycles. The molecule has 0 bridgehead atoms. The summed E-state index contributed by atoms with van der Waals surface area (Å²) in [6.45, 7) is 1.58. The average Bonchev–Trinajstić information content (AvgIpc) is 2.94. The maximum absolute atomic E-state index is 6.31. The summed E-state index contributed by atoms with van der Waals surface area (Å²) in [7, 11) is 5.17. The van der Waals surface area contributed by atoms with Crippen LogP contribution >= 0.6 is 11.6 Å². The summed E-state index contributed by atoms with van der Waals surface area (Å²) in [4.78, 5) is 0. The lowest BCUT2D eigenvalue weighted by molar-refractivity contribution is 0.177. The Kier molecular flexibility index (Phi) is 4.91. The highest BCUT2D eigenvalue weighted by atomic mass is 35.5. The first kappa shape index (κ1) is 14.4. The minimum absolute atomic E-state index is 0.167. The van der Waals surface area contributed by atoms with Crippen molar-refractivity contribution in [1.29, 1.82) is 0 Å². The maximum atomic E-state index is 6.31. The van der Waals surface area contributed by atoms with Crippen LogP contribution in [-0.4, -0.2) is 34.5 Å². The zero-order valence-corrected chi connectivity index (χ0v) is 12.3. The Labute approximate surface area is 119 Å². The van der Waals surface area contributed by atoms with Crippen molar-refractivity contribution in [3.05, 3.63) is 22.7 Å². The van der Waals surface area contributed by atoms with Crippen molar-refractivity contribution in [2.75, 3.05) is 34.5 Å². The summed E-state index contributed by atoms with van der Waals surface area (Å²) in [6.07, 6.45) is 1.04. The predicted molar refractivity (Wildman–Crippen MR) is 75.3 cm³/mol. The van der Waals surface area contributed by atoms with E-state index in [1.165, 1.54) is 0 Å². The van der Waals surface area contributed by atoms with Crippen molar-refractivity contribution >= 4 is 11.6 Å². The van der Waals surface area contributed by atoms with Gasteiger partial charge in [-0.15, -0.1) is 0 Å². The zero-order valence-electron chi connectivity index (χ0n) is 11.5. The number of hydrogen-bond acceptors (Lipinski definition) is 4. The van der Waals surface area contributed by atoms with Gasteiger partial charge in [-0.3, -0.25) is 0 Å². The summed E-state index contributed by atoms with van der Waals surface area (Å²) in [6, 6.07) is 4.05. The van der Waals surface area contributed by atoms with Gasteiger partial charge in [0.15, 0.2) is 0 Å². The third kappa shape index (κ3) is 2.81. The minimum Gasteiger partial charge on any atom is -0.495 e. The zero-order chi connectivity index (χ0) is 13.8. The molecular weight excluding hydrogens is 266 g/mol. The van der Waals surface area contributed by atoms with Crippen LogP contribution in [-0.2, 0) is 4.74 Å². The quantitative estimate of drug-likeness (QED) is 0.903. The van der Waals surface area contributed by atoms with Crippen LogP contribution < -0.4 is 14.8 Å². The van der Waals surface area contributed by atoms with E-state index < -0.39 is 0 Å². The molecule has 1 aromatic rings. The van der Waals surface area contributed by atoms with Gasteiger partial charge < -0.3 is 19.5 Å². The lowest BCUT2D eigenvalue weighted by atomic mass is 9.91. The monoisotopic (exact) mass is 285 g/mol. The molecule has 0 aromatic heterocycles. The highest BCUT2D eigenvalue weighted by Crippen LogP contribution is 2.42. The lowest BCUT2D eigenvalue weighted by Crippen LogP contribution is -2.26. The second-order valence-electron chi connectivity index (χ2n) is 4.59. The minimum atomic E-state index is 0.167. The van der Waals surface area contributed by atoms with Gasteiger partial charge in [-0.2, -0.15) is 0 Å². The second-order valence-corrected chi connectivity index (χ2v) is 4.97. The molecule has 1 aliphatic rings. The van der Waals surface area contributed by atoms with Crippen LogP contribution in [0.5, 0.6) is 11.5 Å². The highest BCUT2D eigenvalue weighted by molar-refractivity contribution is 6.33. The molecule has 0 spiro atoms. The van der Waals surface area contributed by atoms with Crippen molar-refractivity contribution < 1.29 is 14.2 Å². The number of rotatable bonds is 5. The number of hydrogen-bond donors (Lipinski definition) is 1. The van der Waals surface area contributed by atoms with Gasteiger partial charge in [-0.25, -0.2) is 0 Å². The molecule has 0 aliphatic carbocycles. The second kappa shape index (κ2) is 6.46. The third-order valence-corrected chi connectivity index (χ3v) is 3.96. The summed E-state index contributed by atoms with van der Waals surface area (Å²) >= 11 is 6.31. The molecule has 5 heteroatoms. The van der Waals surface area contributed by atoms with E-state index in [9.17, 15) is 0 Å². The Bertz CT molecular complexity index is 433. The lowest BCUT2D eigenvalue weighted by Gasteiger charge is -2.25. The number of halogens is 1. The van der Waals surface area contributed by atoms with Gasteiger partial charge in [0, 0.05) is 24.1 Å². The van der Waals surface area contributed by atoms with E-state index in [1.807, 2.05) is 19.2 Å². The van der Waals surface area contributed by atoms with Crippen molar-refractivity contribution in [3.63, 3.8) is 0 Å². The normalized spacial score (nSPS) is 20.3. The van der Waals surface area contributed by atoms with Crippen LogP contribution in [0.4, 0.5) is 0 Å². The summed E-state index contributed by atoms with van der Waals surface area (Å²) < 4.78 is 16.2. The average molecular weight is 286 g/mol. The smallest absolute Gasteiger partial charge is 0.146 e. The van der Waals surface area contributed by atoms with Crippen molar-refractivity contribution in [2.24, 2.45) is 5.92 Å². The van der Waals surface area contributed by atoms with Gasteiger partial charge in [0.05, 0.1) is 20.8 Å².